The Kier molecular flexibility index (Phi) is 4.83. The second kappa shape index (κ2) is 7.61. The predicted molar refractivity (Wildman–Crippen MR) is 114 cm³/mol. The van der Waals surface area contributed by atoms with Crippen molar-refractivity contribution in [2.75, 3.05) is 0 Å². The minimum Gasteiger partial charge on any atom is -0.489 e. The lowest BCUT2D eigenvalue weighted by Gasteiger charge is -2.22. The monoisotopic (exact) mass is 409 g/mol. The number of aromatic nitrogens is 1. The first-order chi connectivity index (χ1) is 13.8. The summed E-state index contributed by atoms with van der Waals surface area (Å²) in [6.45, 7) is 0.496. The predicted octanol–water partition coefficient (Wildman–Crippen LogP) is 7.14. The van der Waals surface area contributed by atoms with Crippen LogP contribution in [0.3, 0.4) is 0 Å². The number of alkyl halides is 1. The molecule has 2 aromatic heterocycles. The number of halogens is 1. The van der Waals surface area contributed by atoms with Crippen LogP contribution >= 0.6 is 22.9 Å². The number of benzene rings is 2. The summed E-state index contributed by atoms with van der Waals surface area (Å²) in [5.41, 5.74) is 4.27. The van der Waals surface area contributed by atoms with E-state index in [0.717, 1.165) is 38.6 Å². The molecule has 0 spiro atoms. The van der Waals surface area contributed by atoms with Gasteiger partial charge in [-0.1, -0.05) is 30.7 Å². The molecule has 142 valence electrons. The van der Waals surface area contributed by atoms with Crippen LogP contribution in [0, 0.1) is 0 Å². The van der Waals surface area contributed by atoms with Gasteiger partial charge in [-0.15, -0.1) is 22.9 Å². The van der Waals surface area contributed by atoms with Gasteiger partial charge in [-0.3, -0.25) is 0 Å². The molecule has 0 aliphatic heterocycles. The van der Waals surface area contributed by atoms with Crippen molar-refractivity contribution in [2.24, 2.45) is 0 Å². The molecule has 0 unspecified atom stereocenters. The number of nitrogens with zero attached hydrogens (tertiary/aromatic N) is 1. The van der Waals surface area contributed by atoms with Gasteiger partial charge in [0, 0.05) is 22.6 Å². The Morgan fingerprint density at radius 1 is 1.11 bits per heavy atom. The summed E-state index contributed by atoms with van der Waals surface area (Å²) < 4.78 is 12.0. The summed E-state index contributed by atoms with van der Waals surface area (Å²) in [7, 11) is 0. The fourth-order valence-corrected chi connectivity index (χ4v) is 4.61. The van der Waals surface area contributed by atoms with Gasteiger partial charge in [0.25, 0.3) is 0 Å². The number of rotatable bonds is 6. The van der Waals surface area contributed by atoms with E-state index in [1.165, 1.54) is 25.0 Å². The summed E-state index contributed by atoms with van der Waals surface area (Å²) in [6, 6.07) is 16.1. The molecular formula is C23H20ClNO2S. The molecule has 0 bridgehead atoms. The molecule has 1 aliphatic carbocycles. The van der Waals surface area contributed by atoms with Gasteiger partial charge < -0.3 is 9.15 Å². The lowest BCUT2D eigenvalue weighted by Crippen LogP contribution is -2.08. The third-order valence-corrected chi connectivity index (χ3v) is 6.56. The summed E-state index contributed by atoms with van der Waals surface area (Å²) in [5.74, 6) is 2.78. The molecule has 2 aromatic carbocycles. The van der Waals surface area contributed by atoms with E-state index in [4.69, 9.17) is 25.7 Å². The molecule has 1 aliphatic rings. The summed E-state index contributed by atoms with van der Waals surface area (Å²) >= 11 is 7.68. The van der Waals surface area contributed by atoms with Crippen LogP contribution in [0.5, 0.6) is 5.75 Å². The van der Waals surface area contributed by atoms with Crippen LogP contribution in [0.1, 0.15) is 42.0 Å². The molecule has 5 heteroatoms. The van der Waals surface area contributed by atoms with Crippen molar-refractivity contribution in [2.45, 2.75) is 37.7 Å². The highest BCUT2D eigenvalue weighted by molar-refractivity contribution is 7.13. The number of ether oxygens (including phenoxy) is 1. The van der Waals surface area contributed by atoms with Gasteiger partial charge in [0.2, 0.25) is 0 Å². The zero-order chi connectivity index (χ0) is 18.9. The molecule has 2 heterocycles. The van der Waals surface area contributed by atoms with Crippen molar-refractivity contribution in [3.05, 3.63) is 70.7 Å². The van der Waals surface area contributed by atoms with Crippen LogP contribution < -0.4 is 4.74 Å². The van der Waals surface area contributed by atoms with Gasteiger partial charge in [0.05, 0.1) is 5.69 Å². The number of furan rings is 1. The molecular weight excluding hydrogens is 390 g/mol. The Balaban J connectivity index is 1.35. The SMILES string of the molecule is ClCc1ccccc1COc1ccc2oc(-c3nc(C4CCC4)cs3)cc2c1. The van der Waals surface area contributed by atoms with Crippen LogP contribution in [0.15, 0.2) is 58.3 Å². The van der Waals surface area contributed by atoms with Gasteiger partial charge in [-0.25, -0.2) is 4.98 Å². The third kappa shape index (κ3) is 3.43. The second-order valence-electron chi connectivity index (χ2n) is 7.21. The van der Waals surface area contributed by atoms with Crippen LogP contribution in [0.2, 0.25) is 0 Å². The Labute approximate surface area is 172 Å². The Bertz CT molecular complexity index is 1110. The molecule has 28 heavy (non-hydrogen) atoms. The van der Waals surface area contributed by atoms with Crippen LogP contribution in [-0.4, -0.2) is 4.98 Å². The maximum atomic E-state index is 6.03. The number of thiazole rings is 1. The van der Waals surface area contributed by atoms with E-state index in [1.54, 1.807) is 11.3 Å². The van der Waals surface area contributed by atoms with E-state index >= 15 is 0 Å². The van der Waals surface area contributed by atoms with Gasteiger partial charge in [-0.05, 0) is 48.2 Å². The van der Waals surface area contributed by atoms with Crippen molar-refractivity contribution < 1.29 is 9.15 Å². The standard InChI is InChI=1S/C23H20ClNO2S/c24-12-16-4-1-2-5-17(16)13-26-19-8-9-21-18(10-19)11-22(27-21)23-25-20(14-28-23)15-6-3-7-15/h1-2,4-5,8-11,14-15H,3,6-7,12-13H2. The average molecular weight is 410 g/mol. The van der Waals surface area contributed by atoms with Crippen molar-refractivity contribution in [3.63, 3.8) is 0 Å². The highest BCUT2D eigenvalue weighted by atomic mass is 35.5. The van der Waals surface area contributed by atoms with E-state index in [0.29, 0.717) is 18.4 Å². The summed E-state index contributed by atoms with van der Waals surface area (Å²) in [6.07, 6.45) is 3.84. The summed E-state index contributed by atoms with van der Waals surface area (Å²) in [5, 5.41) is 4.16. The van der Waals surface area contributed by atoms with Crippen molar-refractivity contribution in [3.8, 4) is 16.5 Å². The highest BCUT2D eigenvalue weighted by Crippen LogP contribution is 2.39. The number of hydrogen-bond donors (Lipinski definition) is 0. The zero-order valence-corrected chi connectivity index (χ0v) is 16.9. The van der Waals surface area contributed by atoms with E-state index in [-0.39, 0.29) is 0 Å². The van der Waals surface area contributed by atoms with E-state index in [9.17, 15) is 0 Å². The molecule has 5 rings (SSSR count). The molecule has 0 saturated heterocycles. The lowest BCUT2D eigenvalue weighted by molar-refractivity contribution is 0.305. The average Bonchev–Trinajstić information content (AvgIpc) is 3.31. The first-order valence-corrected chi connectivity index (χ1v) is 11.0. The Morgan fingerprint density at radius 3 is 2.75 bits per heavy atom. The first-order valence-electron chi connectivity index (χ1n) is 9.55. The largest absolute Gasteiger partial charge is 0.489 e. The van der Waals surface area contributed by atoms with Gasteiger partial charge in [-0.2, -0.15) is 0 Å². The molecule has 1 fully saturated rings. The number of hydrogen-bond acceptors (Lipinski definition) is 4. The molecule has 0 N–H and O–H groups in total. The molecule has 1 saturated carbocycles. The molecule has 3 nitrogen and oxygen atoms in total. The quantitative estimate of drug-likeness (QED) is 0.317. The minimum absolute atomic E-state index is 0.486. The van der Waals surface area contributed by atoms with Crippen LogP contribution in [0.25, 0.3) is 21.7 Å². The normalized spacial score (nSPS) is 14.3. The maximum absolute atomic E-state index is 6.03. The van der Waals surface area contributed by atoms with Gasteiger partial charge in [0.15, 0.2) is 10.8 Å². The summed E-state index contributed by atoms with van der Waals surface area (Å²) in [4.78, 5) is 4.80. The fourth-order valence-electron chi connectivity index (χ4n) is 3.50. The third-order valence-electron chi connectivity index (χ3n) is 5.40. The molecule has 4 aromatic rings. The minimum atomic E-state index is 0.486. The zero-order valence-electron chi connectivity index (χ0n) is 15.4. The smallest absolute Gasteiger partial charge is 0.164 e. The van der Waals surface area contributed by atoms with Crippen LogP contribution in [0.4, 0.5) is 0 Å². The van der Waals surface area contributed by atoms with Crippen molar-refractivity contribution >= 4 is 33.9 Å². The van der Waals surface area contributed by atoms with Crippen LogP contribution in [-0.2, 0) is 12.5 Å². The Morgan fingerprint density at radius 2 is 1.96 bits per heavy atom. The lowest BCUT2D eigenvalue weighted by atomic mass is 9.83. The fraction of sp³-hybridized carbons (Fsp3) is 0.261. The Hall–Kier alpha value is -2.30. The maximum Gasteiger partial charge on any atom is 0.164 e. The van der Waals surface area contributed by atoms with Gasteiger partial charge in [0.1, 0.15) is 17.9 Å². The highest BCUT2D eigenvalue weighted by Gasteiger charge is 2.23. The van der Waals surface area contributed by atoms with E-state index < -0.39 is 0 Å². The van der Waals surface area contributed by atoms with E-state index in [1.807, 2.05) is 42.5 Å². The van der Waals surface area contributed by atoms with Gasteiger partial charge >= 0.3 is 0 Å². The van der Waals surface area contributed by atoms with Crippen molar-refractivity contribution in [1.82, 2.24) is 4.98 Å². The number of fused-ring (bicyclic) bond motifs is 1. The van der Waals surface area contributed by atoms with Crippen molar-refractivity contribution in [1.29, 1.82) is 0 Å². The molecule has 0 radical (unpaired) electrons. The molecule has 0 atom stereocenters. The van der Waals surface area contributed by atoms with E-state index in [2.05, 4.69) is 11.4 Å². The first kappa shape index (κ1) is 17.8. The second-order valence-corrected chi connectivity index (χ2v) is 8.33. The molecule has 0 amide bonds. The topological polar surface area (TPSA) is 35.3 Å².